The topological polar surface area (TPSA) is 26.9 Å². The molecule has 0 spiro atoms. The van der Waals surface area contributed by atoms with Crippen LogP contribution in [0.15, 0.2) is 42.3 Å². The van der Waals surface area contributed by atoms with Crippen LogP contribution in [-0.2, 0) is 7.05 Å². The van der Waals surface area contributed by atoms with Crippen molar-refractivity contribution in [2.45, 2.75) is 6.92 Å². The molecule has 0 aliphatic rings. The van der Waals surface area contributed by atoms with E-state index in [4.69, 9.17) is 0 Å². The van der Waals surface area contributed by atoms with Gasteiger partial charge < -0.3 is 5.11 Å². The zero-order valence-corrected chi connectivity index (χ0v) is 8.90. The first-order valence-electron chi connectivity index (χ1n) is 4.91. The quantitative estimate of drug-likeness (QED) is 0.405. The van der Waals surface area contributed by atoms with E-state index in [0.29, 0.717) is 0 Å². The highest BCUT2D eigenvalue weighted by Crippen LogP contribution is 2.17. The Bertz CT molecular complexity index is 504. The molecule has 78 valence electrons. The molecule has 15 heavy (non-hydrogen) atoms. The van der Waals surface area contributed by atoms with E-state index in [0.717, 1.165) is 5.56 Å². The standard InChI is InChI=1S/C13H14NO/c1-10(15)7-8-11-9-14(2)13-6-4-3-5-12(11)13/h3-9,15H,1-2H3/q-1/p-1/b10-7-. The van der Waals surface area contributed by atoms with Crippen molar-refractivity contribution in [2.75, 3.05) is 0 Å². The van der Waals surface area contributed by atoms with Crippen molar-refractivity contribution in [3.63, 3.8) is 0 Å². The predicted molar refractivity (Wildman–Crippen MR) is 57.9 cm³/mol. The van der Waals surface area contributed by atoms with Crippen LogP contribution >= 0.6 is 0 Å². The van der Waals surface area contributed by atoms with Crippen molar-refractivity contribution in [1.29, 1.82) is 0 Å². The summed E-state index contributed by atoms with van der Waals surface area (Å²) in [5.41, 5.74) is 2.27. The highest BCUT2D eigenvalue weighted by Gasteiger charge is 1.99. The van der Waals surface area contributed by atoms with E-state index in [2.05, 4.69) is 16.7 Å². The Morgan fingerprint density at radius 3 is 3.07 bits per heavy atom. The first-order valence-corrected chi connectivity index (χ1v) is 4.91. The lowest BCUT2D eigenvalue weighted by Crippen LogP contribution is -2.24. The highest BCUT2D eigenvalue weighted by atomic mass is 16.3. The summed E-state index contributed by atoms with van der Waals surface area (Å²) in [5, 5.41) is 12.0. The molecule has 0 saturated heterocycles. The second-order valence-electron chi connectivity index (χ2n) is 3.66. The van der Waals surface area contributed by atoms with E-state index >= 15 is 0 Å². The van der Waals surface area contributed by atoms with Gasteiger partial charge in [-0.15, -0.1) is 23.1 Å². The molecule has 0 amide bonds. The molecule has 0 unspecified atom stereocenters. The number of aromatic nitrogens is 1. The summed E-state index contributed by atoms with van der Waals surface area (Å²) in [6, 6.07) is 8.16. The fourth-order valence-electron chi connectivity index (χ4n) is 1.71. The van der Waals surface area contributed by atoms with E-state index in [-0.39, 0.29) is 5.76 Å². The number of fused-ring (bicyclic) bond motifs is 1. The molecule has 1 aromatic heterocycles. The fourth-order valence-corrected chi connectivity index (χ4v) is 1.71. The number of nitrogens with zero attached hydrogens (tertiary/aromatic N) is 1. The molecular formula is C13H13NO-2. The molecule has 0 aliphatic heterocycles. The van der Waals surface area contributed by atoms with Crippen LogP contribution in [-0.4, -0.2) is 0 Å². The van der Waals surface area contributed by atoms with E-state index in [1.54, 1.807) is 13.0 Å². The zero-order chi connectivity index (χ0) is 10.8. The molecule has 2 rings (SSSR count). The minimum absolute atomic E-state index is 0.0722. The number of rotatable bonds is 2. The number of aryl methyl sites for hydroxylation is 1. The van der Waals surface area contributed by atoms with Gasteiger partial charge in [0.2, 0.25) is 0 Å². The van der Waals surface area contributed by atoms with Crippen molar-refractivity contribution < 1.29 is 9.67 Å². The molecule has 0 bridgehead atoms. The molecule has 2 heteroatoms. The van der Waals surface area contributed by atoms with Crippen LogP contribution in [0.2, 0.25) is 0 Å². The van der Waals surface area contributed by atoms with Crippen LogP contribution in [0.1, 0.15) is 12.5 Å². The van der Waals surface area contributed by atoms with Gasteiger partial charge in [0.05, 0.1) is 11.7 Å². The Labute approximate surface area is 89.5 Å². The second-order valence-corrected chi connectivity index (χ2v) is 3.66. The smallest absolute Gasteiger partial charge is 0.123 e. The minimum atomic E-state index is 0.0722. The molecule has 1 heterocycles. The van der Waals surface area contributed by atoms with Gasteiger partial charge in [-0.3, -0.25) is 4.57 Å². The first kappa shape index (κ1) is 9.71. The number of hydrogen-bond acceptors (Lipinski definition) is 1. The molecule has 0 radical (unpaired) electrons. The Morgan fingerprint density at radius 1 is 1.53 bits per heavy atom. The van der Waals surface area contributed by atoms with E-state index in [1.807, 2.05) is 31.8 Å². The Morgan fingerprint density at radius 2 is 2.33 bits per heavy atom. The molecule has 1 aromatic carbocycles. The summed E-state index contributed by atoms with van der Waals surface area (Å²) in [6.45, 7) is 1.56. The zero-order valence-electron chi connectivity index (χ0n) is 8.90. The molecule has 2 aromatic rings. The van der Waals surface area contributed by atoms with Gasteiger partial charge in [0.1, 0.15) is 7.05 Å². The lowest BCUT2D eigenvalue weighted by atomic mass is 10.1. The van der Waals surface area contributed by atoms with Crippen LogP contribution in [0.3, 0.4) is 0 Å². The average Bonchev–Trinajstić information content (AvgIpc) is 2.54. The molecule has 0 fully saturated rings. The lowest BCUT2D eigenvalue weighted by molar-refractivity contribution is -0.642. The van der Waals surface area contributed by atoms with E-state index in [1.165, 1.54) is 10.9 Å². The maximum absolute atomic E-state index is 10.9. The number of allylic oxidation sites excluding steroid dienone is 2. The summed E-state index contributed by atoms with van der Waals surface area (Å²) >= 11 is 0. The number of benzene rings is 1. The van der Waals surface area contributed by atoms with Crippen molar-refractivity contribution in [1.82, 2.24) is 0 Å². The van der Waals surface area contributed by atoms with Gasteiger partial charge in [0.25, 0.3) is 0 Å². The summed E-state index contributed by atoms with van der Waals surface area (Å²) in [5.74, 6) is 0.0722. The Balaban J connectivity index is 2.48. The van der Waals surface area contributed by atoms with Gasteiger partial charge in [-0.2, -0.15) is 18.6 Å². The van der Waals surface area contributed by atoms with Crippen LogP contribution in [0.25, 0.3) is 10.9 Å². The predicted octanol–water partition coefficient (Wildman–Crippen LogP) is 1.20. The van der Waals surface area contributed by atoms with Crippen molar-refractivity contribution in [3.8, 4) is 0 Å². The second kappa shape index (κ2) is 3.73. The minimum Gasteiger partial charge on any atom is -0.917 e. The van der Waals surface area contributed by atoms with Gasteiger partial charge in [-0.1, -0.05) is 13.0 Å². The normalized spacial score (nSPS) is 12.0. The average molecular weight is 199 g/mol. The van der Waals surface area contributed by atoms with Gasteiger partial charge in [0, 0.05) is 0 Å². The number of para-hydroxylation sites is 1. The molecule has 2 nitrogen and oxygen atoms in total. The lowest BCUT2D eigenvalue weighted by Gasteiger charge is -2.10. The summed E-state index contributed by atoms with van der Waals surface area (Å²) in [6.07, 6.45) is 5.50. The van der Waals surface area contributed by atoms with Crippen molar-refractivity contribution >= 4 is 10.9 Å². The Hall–Kier alpha value is -1.83. The van der Waals surface area contributed by atoms with Crippen LogP contribution in [0.5, 0.6) is 0 Å². The van der Waals surface area contributed by atoms with Crippen LogP contribution in [0.4, 0.5) is 0 Å². The molecule has 0 aliphatic carbocycles. The summed E-state index contributed by atoms with van der Waals surface area (Å²) in [4.78, 5) is 0. The monoisotopic (exact) mass is 199 g/mol. The van der Waals surface area contributed by atoms with E-state index in [9.17, 15) is 5.11 Å². The van der Waals surface area contributed by atoms with Gasteiger partial charge in [0.15, 0.2) is 0 Å². The maximum atomic E-state index is 10.9. The molecule has 0 atom stereocenters. The Kier molecular flexibility index (Phi) is 2.42. The third kappa shape index (κ3) is 1.84. The third-order valence-electron chi connectivity index (χ3n) is 2.43. The number of hydrogen-bond donors (Lipinski definition) is 0. The summed E-state index contributed by atoms with van der Waals surface area (Å²) in [7, 11) is 2.01. The van der Waals surface area contributed by atoms with Crippen LogP contribution < -0.4 is 9.67 Å². The fraction of sp³-hybridized carbons (Fsp3) is 0.154. The van der Waals surface area contributed by atoms with Crippen molar-refractivity contribution in [3.05, 3.63) is 54.3 Å². The van der Waals surface area contributed by atoms with Gasteiger partial charge in [-0.05, 0) is 0 Å². The SMILES string of the molecule is C/C([O-])=C/[CH-]c1c[n+](C)[c-]2ccccc12. The molecule has 0 N–H and O–H groups in total. The van der Waals surface area contributed by atoms with Gasteiger partial charge in [-0.25, -0.2) is 5.76 Å². The highest BCUT2D eigenvalue weighted by molar-refractivity contribution is 5.81. The third-order valence-corrected chi connectivity index (χ3v) is 2.43. The summed E-state index contributed by atoms with van der Waals surface area (Å²) < 4.78 is 2.06. The van der Waals surface area contributed by atoms with E-state index < -0.39 is 0 Å². The largest absolute Gasteiger partial charge is 0.917 e. The van der Waals surface area contributed by atoms with Gasteiger partial charge >= 0.3 is 0 Å². The maximum Gasteiger partial charge on any atom is 0.123 e. The van der Waals surface area contributed by atoms with Crippen LogP contribution in [0, 0.1) is 6.42 Å². The molecular weight excluding hydrogens is 186 g/mol. The van der Waals surface area contributed by atoms with Crippen molar-refractivity contribution in [2.24, 2.45) is 7.05 Å². The molecule has 0 saturated carbocycles. The first-order chi connectivity index (χ1) is 7.18.